The van der Waals surface area contributed by atoms with Gasteiger partial charge in [-0.3, -0.25) is 0 Å². The van der Waals surface area contributed by atoms with Crippen molar-refractivity contribution in [2.75, 3.05) is 0 Å². The van der Waals surface area contributed by atoms with E-state index >= 15 is 0 Å². The Bertz CT molecular complexity index is 990. The fourth-order valence-corrected chi connectivity index (χ4v) is 3.07. The van der Waals surface area contributed by atoms with Crippen LogP contribution in [0.1, 0.15) is 16.7 Å². The molecule has 0 heterocycles. The number of nitrogens with two attached hydrogens (primary N) is 1. The van der Waals surface area contributed by atoms with E-state index in [1.807, 2.05) is 54.6 Å². The number of amidine groups is 1. The van der Waals surface area contributed by atoms with Crippen LogP contribution in [0.4, 0.5) is 8.78 Å². The summed E-state index contributed by atoms with van der Waals surface area (Å²) in [6.07, 6.45) is 1.58. The van der Waals surface area contributed by atoms with Crippen LogP contribution < -0.4 is 10.5 Å². The first-order valence-corrected chi connectivity index (χ1v) is 9.78. The molecule has 0 unspecified atom stereocenters. The highest BCUT2D eigenvalue weighted by atomic mass is 32.2. The Hall–Kier alpha value is -3.19. The molecule has 0 atom stereocenters. The molecule has 0 bridgehead atoms. The van der Waals surface area contributed by atoms with Crippen molar-refractivity contribution in [3.8, 4) is 5.75 Å². The number of hydrogen-bond acceptors (Lipinski definition) is 4. The lowest BCUT2D eigenvalue weighted by Gasteiger charge is -2.07. The monoisotopic (exact) mass is 411 g/mol. The van der Waals surface area contributed by atoms with Gasteiger partial charge >= 0.3 is 0 Å². The molecule has 0 fully saturated rings. The normalized spacial score (nSPS) is 11.7. The average Bonchev–Trinajstić information content (AvgIpc) is 2.71. The second kappa shape index (κ2) is 10.4. The second-order valence-corrected chi connectivity index (χ2v) is 7.09. The van der Waals surface area contributed by atoms with Gasteiger partial charge in [-0.2, -0.15) is 5.10 Å². The summed E-state index contributed by atoms with van der Waals surface area (Å²) < 4.78 is 31.9. The van der Waals surface area contributed by atoms with Gasteiger partial charge in [-0.1, -0.05) is 60.3 Å². The second-order valence-electron chi connectivity index (χ2n) is 6.10. The van der Waals surface area contributed by atoms with Crippen LogP contribution in [-0.4, -0.2) is 11.4 Å². The highest BCUT2D eigenvalue weighted by molar-refractivity contribution is 8.13. The van der Waals surface area contributed by atoms with Crippen molar-refractivity contribution in [1.29, 1.82) is 0 Å². The Morgan fingerprint density at radius 3 is 2.41 bits per heavy atom. The molecule has 0 radical (unpaired) electrons. The number of benzene rings is 3. The molecule has 3 aromatic rings. The summed E-state index contributed by atoms with van der Waals surface area (Å²) in [4.78, 5) is 0. The molecule has 7 heteroatoms. The number of hydrogen-bond donors (Lipinski definition) is 1. The molecule has 3 rings (SSSR count). The fraction of sp³-hybridized carbons (Fsp3) is 0.0909. The lowest BCUT2D eigenvalue weighted by Crippen LogP contribution is -2.06. The standard InChI is InChI=1S/C22H19F2N3OS/c23-19-10-20(24)12-21(11-19)28-14-18-8-4-7-17(9-18)13-26-27-22(25)29-15-16-5-2-1-3-6-16/h1-13H,14-15H2,(H2,25,27). The van der Waals surface area contributed by atoms with Crippen LogP contribution in [-0.2, 0) is 12.4 Å². The van der Waals surface area contributed by atoms with E-state index < -0.39 is 11.6 Å². The van der Waals surface area contributed by atoms with Crippen LogP contribution in [0.5, 0.6) is 5.75 Å². The Labute approximate surface area is 172 Å². The molecule has 0 spiro atoms. The van der Waals surface area contributed by atoms with E-state index in [0.717, 1.165) is 40.6 Å². The summed E-state index contributed by atoms with van der Waals surface area (Å²) in [7, 11) is 0. The SMILES string of the molecule is NC(=NN=Cc1cccc(COc2cc(F)cc(F)c2)c1)SCc1ccccc1. The van der Waals surface area contributed by atoms with Gasteiger partial charge < -0.3 is 10.5 Å². The largest absolute Gasteiger partial charge is 0.489 e. The van der Waals surface area contributed by atoms with E-state index in [0.29, 0.717) is 5.17 Å². The molecule has 0 aliphatic heterocycles. The molecular weight excluding hydrogens is 392 g/mol. The zero-order valence-corrected chi connectivity index (χ0v) is 16.3. The van der Waals surface area contributed by atoms with Gasteiger partial charge in [-0.25, -0.2) is 8.78 Å². The van der Waals surface area contributed by atoms with Gasteiger partial charge in [0.15, 0.2) is 5.17 Å². The van der Waals surface area contributed by atoms with Crippen molar-refractivity contribution >= 4 is 23.1 Å². The number of nitrogens with zero attached hydrogens (tertiary/aromatic N) is 2. The molecule has 0 amide bonds. The van der Waals surface area contributed by atoms with E-state index in [9.17, 15) is 8.78 Å². The fourth-order valence-electron chi connectivity index (χ4n) is 2.45. The minimum atomic E-state index is -0.679. The third kappa shape index (κ3) is 7.04. The Kier molecular flexibility index (Phi) is 7.35. The van der Waals surface area contributed by atoms with Crippen LogP contribution in [0.3, 0.4) is 0 Å². The van der Waals surface area contributed by atoms with Crippen molar-refractivity contribution in [2.45, 2.75) is 12.4 Å². The van der Waals surface area contributed by atoms with Gasteiger partial charge in [0.1, 0.15) is 24.0 Å². The number of thioether (sulfide) groups is 1. The first-order chi connectivity index (χ1) is 14.1. The van der Waals surface area contributed by atoms with E-state index in [-0.39, 0.29) is 12.4 Å². The smallest absolute Gasteiger partial charge is 0.180 e. The molecule has 4 nitrogen and oxygen atoms in total. The number of rotatable bonds is 7. The number of ether oxygens (including phenoxy) is 1. The maximum atomic E-state index is 13.2. The van der Waals surface area contributed by atoms with E-state index in [4.69, 9.17) is 10.5 Å². The summed E-state index contributed by atoms with van der Waals surface area (Å²) in [5.74, 6) is -0.503. The molecule has 0 saturated carbocycles. The highest BCUT2D eigenvalue weighted by Crippen LogP contribution is 2.17. The zero-order chi connectivity index (χ0) is 20.5. The predicted octanol–water partition coefficient (Wildman–Crippen LogP) is 5.13. The van der Waals surface area contributed by atoms with Crippen molar-refractivity contribution in [1.82, 2.24) is 0 Å². The Morgan fingerprint density at radius 2 is 1.66 bits per heavy atom. The van der Waals surface area contributed by atoms with Gasteiger partial charge in [0, 0.05) is 24.0 Å². The van der Waals surface area contributed by atoms with E-state index in [2.05, 4.69) is 10.2 Å². The maximum absolute atomic E-state index is 13.2. The quantitative estimate of drug-likeness (QED) is 0.333. The van der Waals surface area contributed by atoms with E-state index in [1.54, 1.807) is 6.21 Å². The lowest BCUT2D eigenvalue weighted by molar-refractivity contribution is 0.302. The molecule has 3 aromatic carbocycles. The van der Waals surface area contributed by atoms with Crippen LogP contribution >= 0.6 is 11.8 Å². The van der Waals surface area contributed by atoms with Gasteiger partial charge in [-0.15, -0.1) is 5.10 Å². The first kappa shape index (κ1) is 20.5. The maximum Gasteiger partial charge on any atom is 0.180 e. The van der Waals surface area contributed by atoms with Gasteiger partial charge in [-0.05, 0) is 22.8 Å². The molecule has 0 saturated heterocycles. The molecule has 0 aliphatic carbocycles. The minimum absolute atomic E-state index is 0.134. The van der Waals surface area contributed by atoms with Crippen LogP contribution in [0.15, 0.2) is 83.0 Å². The molecule has 0 aromatic heterocycles. The Morgan fingerprint density at radius 1 is 0.931 bits per heavy atom. The van der Waals surface area contributed by atoms with Crippen molar-refractivity contribution in [2.24, 2.45) is 15.9 Å². The van der Waals surface area contributed by atoms with Crippen molar-refractivity contribution in [3.63, 3.8) is 0 Å². The van der Waals surface area contributed by atoms with Crippen molar-refractivity contribution < 1.29 is 13.5 Å². The van der Waals surface area contributed by atoms with Gasteiger partial charge in [0.05, 0.1) is 6.21 Å². The van der Waals surface area contributed by atoms with Gasteiger partial charge in [0.25, 0.3) is 0 Å². The van der Waals surface area contributed by atoms with Crippen LogP contribution in [0.2, 0.25) is 0 Å². The minimum Gasteiger partial charge on any atom is -0.489 e. The van der Waals surface area contributed by atoms with E-state index in [1.165, 1.54) is 11.8 Å². The summed E-state index contributed by atoms with van der Waals surface area (Å²) >= 11 is 1.41. The lowest BCUT2D eigenvalue weighted by atomic mass is 10.1. The predicted molar refractivity (Wildman–Crippen MR) is 114 cm³/mol. The topological polar surface area (TPSA) is 60.0 Å². The molecule has 0 aliphatic rings. The molecule has 29 heavy (non-hydrogen) atoms. The average molecular weight is 411 g/mol. The summed E-state index contributed by atoms with van der Waals surface area (Å²) in [6.45, 7) is 0.170. The summed E-state index contributed by atoms with van der Waals surface area (Å²) in [5, 5.41) is 8.38. The third-order valence-electron chi connectivity index (χ3n) is 3.79. The van der Waals surface area contributed by atoms with Crippen LogP contribution in [0, 0.1) is 11.6 Å². The molecule has 2 N–H and O–H groups in total. The Balaban J connectivity index is 1.54. The first-order valence-electron chi connectivity index (χ1n) is 8.79. The summed E-state index contributed by atoms with van der Waals surface area (Å²) in [5.41, 5.74) is 8.66. The zero-order valence-electron chi connectivity index (χ0n) is 15.5. The summed E-state index contributed by atoms with van der Waals surface area (Å²) in [6, 6.07) is 20.4. The molecular formula is C22H19F2N3OS. The van der Waals surface area contributed by atoms with Gasteiger partial charge in [0.2, 0.25) is 0 Å². The third-order valence-corrected chi connectivity index (χ3v) is 4.64. The highest BCUT2D eigenvalue weighted by Gasteiger charge is 2.02. The van der Waals surface area contributed by atoms with Crippen molar-refractivity contribution in [3.05, 3.63) is 101 Å². The molecule has 148 valence electrons. The van der Waals surface area contributed by atoms with Crippen LogP contribution in [0.25, 0.3) is 0 Å². The number of halogens is 2.